The topological polar surface area (TPSA) is 58.1 Å². The lowest BCUT2D eigenvalue weighted by molar-refractivity contribution is -0.114. The van der Waals surface area contributed by atoms with E-state index in [9.17, 15) is 4.79 Å². The summed E-state index contributed by atoms with van der Waals surface area (Å²) in [5.74, 6) is 3.12. The van der Waals surface area contributed by atoms with E-state index in [0.717, 1.165) is 82.8 Å². The van der Waals surface area contributed by atoms with Gasteiger partial charge < -0.3 is 10.2 Å². The molecule has 1 heterocycles. The second-order valence-corrected chi connectivity index (χ2v) is 13.2. The molecule has 0 fully saturated rings. The summed E-state index contributed by atoms with van der Waals surface area (Å²) < 4.78 is 0. The van der Waals surface area contributed by atoms with Crippen LogP contribution in [-0.2, 0) is 24.1 Å². The summed E-state index contributed by atoms with van der Waals surface area (Å²) >= 11 is 0. The van der Waals surface area contributed by atoms with Crippen LogP contribution in [0.15, 0.2) is 49.1 Å². The van der Waals surface area contributed by atoms with Gasteiger partial charge in [-0.25, -0.2) is 4.98 Å². The number of anilines is 2. The third kappa shape index (κ3) is 11.3. The number of fused-ring (bicyclic) bond motifs is 1. The summed E-state index contributed by atoms with van der Waals surface area (Å²) in [7, 11) is 0. The fourth-order valence-electron chi connectivity index (χ4n) is 6.26. The quantitative estimate of drug-likeness (QED) is 0.0904. The lowest BCUT2D eigenvalue weighted by Gasteiger charge is -2.30. The van der Waals surface area contributed by atoms with E-state index in [2.05, 4.69) is 94.7 Å². The number of carbonyl (C=O) groups is 1. The zero-order valence-electron chi connectivity index (χ0n) is 29.3. The summed E-state index contributed by atoms with van der Waals surface area (Å²) in [6, 6.07) is 13.3. The van der Waals surface area contributed by atoms with Gasteiger partial charge in [0.25, 0.3) is 0 Å². The molecule has 0 radical (unpaired) electrons. The van der Waals surface area contributed by atoms with E-state index in [0.29, 0.717) is 18.3 Å². The van der Waals surface area contributed by atoms with Crippen LogP contribution in [0.25, 0.3) is 10.8 Å². The first-order valence-corrected chi connectivity index (χ1v) is 17.8. The smallest absolute Gasteiger partial charge is 0.224 e. The normalized spacial score (nSPS) is 12.7. The van der Waals surface area contributed by atoms with Crippen molar-refractivity contribution in [2.24, 2.45) is 11.8 Å². The monoisotopic (exact) mass is 612 g/mol. The standard InChI is InChI=1S/C40H60N4O/c1-8-12-19-31(6)28-41-40-42-37(11-4)36(26-14-13-21-33-23-18-24-34-22-17-20-32(7)38(33)34)39(43-40)44(29-30(5)9-2)27-16-15-25-35(45)10-3/h10,17-18,20,22-24,30-31H,3,8-9,11-16,19,21,25-29H2,1-2,4-7H3,(H,41,42,43)/t30-,31-/m0/s1. The summed E-state index contributed by atoms with van der Waals surface area (Å²) in [6.07, 6.45) is 13.8. The van der Waals surface area contributed by atoms with E-state index in [1.54, 1.807) is 0 Å². The fraction of sp³-hybridized carbons (Fsp3) is 0.575. The predicted octanol–water partition coefficient (Wildman–Crippen LogP) is 10.1. The zero-order chi connectivity index (χ0) is 32.6. The molecule has 0 saturated heterocycles. The SMILES string of the molecule is C=CC(=O)CCCCN(C[C@@H](C)CC)c1nc(NC[C@@H](C)CCCC)nc(CC)c1CCCCc1cccc2cccc(C)c12. The molecule has 0 bridgehead atoms. The van der Waals surface area contributed by atoms with E-state index < -0.39 is 0 Å². The van der Waals surface area contributed by atoms with Gasteiger partial charge in [-0.3, -0.25) is 4.79 Å². The van der Waals surface area contributed by atoms with Crippen molar-refractivity contribution in [3.05, 3.63) is 71.4 Å². The number of rotatable bonds is 22. The summed E-state index contributed by atoms with van der Waals surface area (Å²) in [5, 5.41) is 6.36. The highest BCUT2D eigenvalue weighted by atomic mass is 16.1. The molecule has 5 nitrogen and oxygen atoms in total. The summed E-state index contributed by atoms with van der Waals surface area (Å²) in [4.78, 5) is 24.8. The third-order valence-corrected chi connectivity index (χ3v) is 9.24. The Morgan fingerprint density at radius 1 is 0.956 bits per heavy atom. The molecule has 2 aromatic carbocycles. The van der Waals surface area contributed by atoms with Crippen LogP contribution in [0.1, 0.15) is 115 Å². The number of carbonyl (C=O) groups excluding carboxylic acids is 1. The Labute approximate surface area is 274 Å². The van der Waals surface area contributed by atoms with Crippen molar-refractivity contribution in [3.8, 4) is 0 Å². The van der Waals surface area contributed by atoms with Crippen molar-refractivity contribution in [3.63, 3.8) is 0 Å². The average Bonchev–Trinajstić information content (AvgIpc) is 3.05. The Kier molecular flexibility index (Phi) is 15.6. The Bertz CT molecular complexity index is 1340. The van der Waals surface area contributed by atoms with E-state index in [4.69, 9.17) is 9.97 Å². The largest absolute Gasteiger partial charge is 0.356 e. The van der Waals surface area contributed by atoms with E-state index in [1.165, 1.54) is 58.5 Å². The van der Waals surface area contributed by atoms with Gasteiger partial charge in [-0.15, -0.1) is 0 Å². The second-order valence-electron chi connectivity index (χ2n) is 13.2. The lowest BCUT2D eigenvalue weighted by Crippen LogP contribution is -2.32. The number of nitrogens with one attached hydrogen (secondary N) is 1. The first kappa shape index (κ1) is 36.3. The van der Waals surface area contributed by atoms with Gasteiger partial charge in [0.15, 0.2) is 5.78 Å². The molecule has 1 aromatic heterocycles. The van der Waals surface area contributed by atoms with Crippen LogP contribution in [0.3, 0.4) is 0 Å². The van der Waals surface area contributed by atoms with Crippen molar-refractivity contribution in [1.29, 1.82) is 0 Å². The van der Waals surface area contributed by atoms with Gasteiger partial charge in [0.05, 0.1) is 5.69 Å². The Hall–Kier alpha value is -3.21. The predicted molar refractivity (Wildman–Crippen MR) is 195 cm³/mol. The number of unbranched alkanes of at least 4 members (excludes halogenated alkanes) is 3. The zero-order valence-corrected chi connectivity index (χ0v) is 29.3. The van der Waals surface area contributed by atoms with Gasteiger partial charge in [-0.2, -0.15) is 4.98 Å². The maximum atomic E-state index is 11.9. The summed E-state index contributed by atoms with van der Waals surface area (Å²) in [5.41, 5.74) is 5.28. The molecule has 45 heavy (non-hydrogen) atoms. The molecule has 3 aromatic rings. The van der Waals surface area contributed by atoms with Crippen LogP contribution in [0.5, 0.6) is 0 Å². The maximum absolute atomic E-state index is 11.9. The van der Waals surface area contributed by atoms with Crippen molar-refractivity contribution < 1.29 is 4.79 Å². The molecule has 246 valence electrons. The van der Waals surface area contributed by atoms with Gasteiger partial charge in [-0.05, 0) is 98.1 Å². The number of allylic oxidation sites excluding steroid dienone is 1. The number of aromatic nitrogens is 2. The van der Waals surface area contributed by atoms with Gasteiger partial charge in [-0.1, -0.05) is 96.9 Å². The molecule has 2 atom stereocenters. The number of nitrogens with zero attached hydrogens (tertiary/aromatic N) is 3. The minimum absolute atomic E-state index is 0.129. The molecule has 0 amide bonds. The Morgan fingerprint density at radius 3 is 2.42 bits per heavy atom. The Morgan fingerprint density at radius 2 is 1.71 bits per heavy atom. The molecule has 0 unspecified atom stereocenters. The van der Waals surface area contributed by atoms with Crippen LogP contribution in [0.2, 0.25) is 0 Å². The number of benzene rings is 2. The highest BCUT2D eigenvalue weighted by Gasteiger charge is 2.21. The first-order chi connectivity index (χ1) is 21.8. The molecule has 0 aliphatic carbocycles. The molecule has 5 heteroatoms. The van der Waals surface area contributed by atoms with E-state index in [-0.39, 0.29) is 5.78 Å². The molecule has 0 aliphatic heterocycles. The molecular formula is C40H60N4O. The van der Waals surface area contributed by atoms with Crippen LogP contribution in [0.4, 0.5) is 11.8 Å². The van der Waals surface area contributed by atoms with E-state index in [1.807, 2.05) is 0 Å². The fourth-order valence-corrected chi connectivity index (χ4v) is 6.26. The van der Waals surface area contributed by atoms with Gasteiger partial charge in [0, 0.05) is 31.6 Å². The number of aryl methyl sites for hydroxylation is 3. The molecule has 3 rings (SSSR count). The van der Waals surface area contributed by atoms with Gasteiger partial charge in [0.1, 0.15) is 5.82 Å². The number of hydrogen-bond donors (Lipinski definition) is 1. The van der Waals surface area contributed by atoms with Crippen LogP contribution < -0.4 is 10.2 Å². The number of hydrogen-bond acceptors (Lipinski definition) is 5. The van der Waals surface area contributed by atoms with Crippen molar-refractivity contribution in [1.82, 2.24) is 9.97 Å². The van der Waals surface area contributed by atoms with Crippen molar-refractivity contribution in [2.75, 3.05) is 29.9 Å². The number of ketones is 1. The Balaban J connectivity index is 1.87. The first-order valence-electron chi connectivity index (χ1n) is 17.8. The van der Waals surface area contributed by atoms with Crippen LogP contribution in [-0.4, -0.2) is 35.4 Å². The average molecular weight is 613 g/mol. The van der Waals surface area contributed by atoms with E-state index >= 15 is 0 Å². The van der Waals surface area contributed by atoms with Gasteiger partial charge in [0.2, 0.25) is 5.95 Å². The molecule has 0 saturated carbocycles. The molecule has 0 spiro atoms. The highest BCUT2D eigenvalue weighted by Crippen LogP contribution is 2.29. The van der Waals surface area contributed by atoms with Crippen LogP contribution in [0, 0.1) is 18.8 Å². The van der Waals surface area contributed by atoms with Gasteiger partial charge >= 0.3 is 0 Å². The summed E-state index contributed by atoms with van der Waals surface area (Å²) in [6.45, 7) is 20.0. The molecule has 1 N–H and O–H groups in total. The lowest BCUT2D eigenvalue weighted by atomic mass is 9.95. The minimum Gasteiger partial charge on any atom is -0.356 e. The highest BCUT2D eigenvalue weighted by molar-refractivity contribution is 5.89. The maximum Gasteiger partial charge on any atom is 0.224 e. The van der Waals surface area contributed by atoms with Crippen molar-refractivity contribution >= 4 is 28.3 Å². The second kappa shape index (κ2) is 19.3. The minimum atomic E-state index is 0.129. The third-order valence-electron chi connectivity index (χ3n) is 9.24. The molecular weight excluding hydrogens is 552 g/mol. The van der Waals surface area contributed by atoms with Crippen LogP contribution >= 0.6 is 0 Å². The van der Waals surface area contributed by atoms with Crippen molar-refractivity contribution in [2.45, 2.75) is 119 Å². The molecule has 0 aliphatic rings.